The molecule has 1 aliphatic rings. The minimum absolute atomic E-state index is 0.0579. The van der Waals surface area contributed by atoms with Gasteiger partial charge in [-0.1, -0.05) is 0 Å². The number of hydrogen-bond donors (Lipinski definition) is 1. The van der Waals surface area contributed by atoms with Crippen LogP contribution in [0, 0.1) is 6.92 Å². The van der Waals surface area contributed by atoms with Crippen LogP contribution in [-0.4, -0.2) is 47.7 Å². The Balaban J connectivity index is 2.04. The molecule has 1 aromatic rings. The standard InChI is InChI=1S/C12H14BrNO4S/c1-7-4-9(19-11(7)13)12(17)14-2-3-18-8(6-14)5-10(15)16/h4,8H,2-3,5-6H2,1H3,(H,15,16). The highest BCUT2D eigenvalue weighted by molar-refractivity contribution is 9.11. The van der Waals surface area contributed by atoms with Crippen molar-refractivity contribution < 1.29 is 19.4 Å². The average Bonchev–Trinajstić information content (AvgIpc) is 2.68. The number of morpholine rings is 1. The number of halogens is 1. The summed E-state index contributed by atoms with van der Waals surface area (Å²) < 4.78 is 6.30. The predicted octanol–water partition coefficient (Wildman–Crippen LogP) is 2.13. The Morgan fingerprint density at radius 1 is 1.63 bits per heavy atom. The molecule has 0 saturated carbocycles. The van der Waals surface area contributed by atoms with E-state index in [4.69, 9.17) is 9.84 Å². The maximum Gasteiger partial charge on any atom is 0.306 e. The number of amides is 1. The minimum atomic E-state index is -0.908. The lowest BCUT2D eigenvalue weighted by Crippen LogP contribution is -2.46. The van der Waals surface area contributed by atoms with E-state index in [1.54, 1.807) is 4.90 Å². The molecule has 0 aromatic carbocycles. The van der Waals surface area contributed by atoms with Gasteiger partial charge in [-0.05, 0) is 34.5 Å². The molecule has 1 N–H and O–H groups in total. The summed E-state index contributed by atoms with van der Waals surface area (Å²) in [4.78, 5) is 25.3. The van der Waals surface area contributed by atoms with Gasteiger partial charge in [-0.15, -0.1) is 11.3 Å². The van der Waals surface area contributed by atoms with Crippen LogP contribution in [0.25, 0.3) is 0 Å². The van der Waals surface area contributed by atoms with E-state index in [-0.39, 0.29) is 12.3 Å². The van der Waals surface area contributed by atoms with Gasteiger partial charge >= 0.3 is 5.97 Å². The normalized spacial score (nSPS) is 19.5. The van der Waals surface area contributed by atoms with Crippen LogP contribution in [0.1, 0.15) is 21.7 Å². The van der Waals surface area contributed by atoms with Gasteiger partial charge in [-0.2, -0.15) is 0 Å². The molecule has 1 atom stereocenters. The zero-order valence-electron chi connectivity index (χ0n) is 10.4. The molecule has 1 aromatic heterocycles. The van der Waals surface area contributed by atoms with Crippen LogP contribution in [0.3, 0.4) is 0 Å². The number of hydrogen-bond acceptors (Lipinski definition) is 4. The fourth-order valence-electron chi connectivity index (χ4n) is 1.94. The van der Waals surface area contributed by atoms with Gasteiger partial charge in [-0.3, -0.25) is 9.59 Å². The van der Waals surface area contributed by atoms with Crippen LogP contribution in [0.4, 0.5) is 0 Å². The molecule has 19 heavy (non-hydrogen) atoms. The molecule has 0 aliphatic carbocycles. The first-order chi connectivity index (χ1) is 8.97. The largest absolute Gasteiger partial charge is 0.481 e. The highest BCUT2D eigenvalue weighted by Gasteiger charge is 2.27. The van der Waals surface area contributed by atoms with Gasteiger partial charge < -0.3 is 14.7 Å². The molecule has 5 nitrogen and oxygen atoms in total. The highest BCUT2D eigenvalue weighted by Crippen LogP contribution is 2.28. The maximum absolute atomic E-state index is 12.3. The molecule has 1 unspecified atom stereocenters. The number of carboxylic acid groups (broad SMARTS) is 1. The van der Waals surface area contributed by atoms with Crippen LogP contribution in [0.2, 0.25) is 0 Å². The van der Waals surface area contributed by atoms with Crippen molar-refractivity contribution in [2.24, 2.45) is 0 Å². The van der Waals surface area contributed by atoms with Crippen molar-refractivity contribution in [3.63, 3.8) is 0 Å². The number of thiophene rings is 1. The van der Waals surface area contributed by atoms with Crippen molar-refractivity contribution in [3.05, 3.63) is 20.3 Å². The number of carbonyl (C=O) groups excluding carboxylic acids is 1. The topological polar surface area (TPSA) is 66.8 Å². The van der Waals surface area contributed by atoms with Crippen molar-refractivity contribution in [3.8, 4) is 0 Å². The van der Waals surface area contributed by atoms with Gasteiger partial charge in [0.15, 0.2) is 0 Å². The molecule has 0 bridgehead atoms. The monoisotopic (exact) mass is 347 g/mol. The molecule has 0 spiro atoms. The minimum Gasteiger partial charge on any atom is -0.481 e. The molecule has 1 fully saturated rings. The van der Waals surface area contributed by atoms with E-state index >= 15 is 0 Å². The zero-order chi connectivity index (χ0) is 14.0. The van der Waals surface area contributed by atoms with Crippen LogP contribution in [0.5, 0.6) is 0 Å². The summed E-state index contributed by atoms with van der Waals surface area (Å²) in [6, 6.07) is 1.85. The number of rotatable bonds is 3. The SMILES string of the molecule is Cc1cc(C(=O)N2CCOC(CC(=O)O)C2)sc1Br. The third kappa shape index (κ3) is 3.55. The summed E-state index contributed by atoms with van der Waals surface area (Å²) in [5.41, 5.74) is 1.03. The second kappa shape index (κ2) is 6.02. The molecule has 0 radical (unpaired) electrons. The Bertz CT molecular complexity index is 482. The van der Waals surface area contributed by atoms with Crippen LogP contribution in [0.15, 0.2) is 9.85 Å². The molecule has 2 rings (SSSR count). The first-order valence-corrected chi connectivity index (χ1v) is 7.47. The third-order valence-corrected chi connectivity index (χ3v) is 5.02. The number of nitrogens with zero attached hydrogens (tertiary/aromatic N) is 1. The Kier molecular flexibility index (Phi) is 4.59. The van der Waals surface area contributed by atoms with Gasteiger partial charge in [0.05, 0.1) is 27.8 Å². The lowest BCUT2D eigenvalue weighted by atomic mass is 10.2. The van der Waals surface area contributed by atoms with Gasteiger partial charge in [0.1, 0.15) is 0 Å². The fraction of sp³-hybridized carbons (Fsp3) is 0.500. The van der Waals surface area contributed by atoms with Gasteiger partial charge in [0, 0.05) is 13.1 Å². The number of ether oxygens (including phenoxy) is 1. The molecule has 1 saturated heterocycles. The highest BCUT2D eigenvalue weighted by atomic mass is 79.9. The number of carbonyl (C=O) groups is 2. The second-order valence-electron chi connectivity index (χ2n) is 4.41. The lowest BCUT2D eigenvalue weighted by molar-refractivity contribution is -0.141. The molecule has 7 heteroatoms. The fourth-order valence-corrected chi connectivity index (χ4v) is 3.45. The molecule has 1 aliphatic heterocycles. The van der Waals surface area contributed by atoms with Crippen molar-refractivity contribution in [1.82, 2.24) is 4.90 Å². The third-order valence-electron chi connectivity index (χ3n) is 2.90. The van der Waals surface area contributed by atoms with Crippen molar-refractivity contribution >= 4 is 39.1 Å². The number of carboxylic acids is 1. The van der Waals surface area contributed by atoms with E-state index in [9.17, 15) is 9.59 Å². The van der Waals surface area contributed by atoms with Crippen molar-refractivity contribution in [2.75, 3.05) is 19.7 Å². The Labute approximate surface area is 123 Å². The molecule has 104 valence electrons. The number of aryl methyl sites for hydroxylation is 1. The van der Waals surface area contributed by atoms with Gasteiger partial charge in [-0.25, -0.2) is 0 Å². The number of aliphatic carboxylic acids is 1. The van der Waals surface area contributed by atoms with Crippen molar-refractivity contribution in [1.29, 1.82) is 0 Å². The first-order valence-electron chi connectivity index (χ1n) is 5.86. The molecule has 1 amide bonds. The summed E-state index contributed by atoms with van der Waals surface area (Å²) in [7, 11) is 0. The quantitative estimate of drug-likeness (QED) is 0.909. The summed E-state index contributed by atoms with van der Waals surface area (Å²) in [5, 5.41) is 8.76. The average molecular weight is 348 g/mol. The molecule has 2 heterocycles. The van der Waals surface area contributed by atoms with E-state index in [2.05, 4.69) is 15.9 Å². The first kappa shape index (κ1) is 14.5. The van der Waals surface area contributed by atoms with Gasteiger partial charge in [0.2, 0.25) is 0 Å². The smallest absolute Gasteiger partial charge is 0.306 e. The predicted molar refractivity (Wildman–Crippen MR) is 74.7 cm³/mol. The van der Waals surface area contributed by atoms with Crippen LogP contribution < -0.4 is 0 Å². The maximum atomic E-state index is 12.3. The van der Waals surface area contributed by atoms with Crippen LogP contribution >= 0.6 is 27.3 Å². The van der Waals surface area contributed by atoms with Crippen molar-refractivity contribution in [2.45, 2.75) is 19.4 Å². The Morgan fingerprint density at radius 3 is 2.95 bits per heavy atom. The zero-order valence-corrected chi connectivity index (χ0v) is 12.8. The molecular weight excluding hydrogens is 334 g/mol. The van der Waals surface area contributed by atoms with E-state index in [1.165, 1.54) is 11.3 Å². The van der Waals surface area contributed by atoms with E-state index < -0.39 is 12.1 Å². The Hall–Kier alpha value is -0.920. The summed E-state index contributed by atoms with van der Waals surface area (Å²) in [5.74, 6) is -0.966. The second-order valence-corrected chi connectivity index (χ2v) is 6.78. The van der Waals surface area contributed by atoms with E-state index in [1.807, 2.05) is 13.0 Å². The molecular formula is C12H14BrNO4S. The van der Waals surface area contributed by atoms with Gasteiger partial charge in [0.25, 0.3) is 5.91 Å². The summed E-state index contributed by atoms with van der Waals surface area (Å²) in [6.45, 7) is 3.16. The van der Waals surface area contributed by atoms with Crippen LogP contribution in [-0.2, 0) is 9.53 Å². The summed E-state index contributed by atoms with van der Waals surface area (Å²) >= 11 is 4.80. The Morgan fingerprint density at radius 2 is 2.37 bits per heavy atom. The van der Waals surface area contributed by atoms with E-state index in [0.29, 0.717) is 24.6 Å². The van der Waals surface area contributed by atoms with E-state index in [0.717, 1.165) is 9.35 Å². The summed E-state index contributed by atoms with van der Waals surface area (Å²) in [6.07, 6.45) is -0.489. The lowest BCUT2D eigenvalue weighted by Gasteiger charge is -2.32.